The summed E-state index contributed by atoms with van der Waals surface area (Å²) < 4.78 is 6.77. The van der Waals surface area contributed by atoms with Crippen LogP contribution in [0, 0.1) is 0 Å². The molecule has 0 amide bonds. The molecule has 5 nitrogen and oxygen atoms in total. The van der Waals surface area contributed by atoms with Crippen LogP contribution in [0.1, 0.15) is 26.6 Å². The van der Waals surface area contributed by atoms with Crippen LogP contribution in [0.3, 0.4) is 0 Å². The van der Waals surface area contributed by atoms with Crippen molar-refractivity contribution in [2.75, 3.05) is 13.2 Å². The largest absolute Gasteiger partial charge is 0.465 e. The summed E-state index contributed by atoms with van der Waals surface area (Å²) in [6, 6.07) is 0.227. The van der Waals surface area contributed by atoms with Gasteiger partial charge in [-0.1, -0.05) is 11.6 Å². The van der Waals surface area contributed by atoms with Crippen LogP contribution in [-0.4, -0.2) is 39.6 Å². The fraction of sp³-hybridized carbons (Fsp3) is 0.667. The number of imidazole rings is 1. The second kappa shape index (κ2) is 6.75. The van der Waals surface area contributed by atoms with Gasteiger partial charge in [0.05, 0.1) is 25.9 Å². The molecule has 0 saturated heterocycles. The van der Waals surface area contributed by atoms with Gasteiger partial charge in [-0.25, -0.2) is 4.98 Å². The highest BCUT2D eigenvalue weighted by atomic mass is 35.5. The average Bonchev–Trinajstić information content (AvgIpc) is 2.60. The molecule has 0 fully saturated rings. The molecule has 0 aliphatic rings. The molecule has 0 aliphatic heterocycles. The lowest BCUT2D eigenvalue weighted by molar-refractivity contribution is -0.145. The number of ether oxygens (including phenoxy) is 1. The molecule has 0 saturated carbocycles. The van der Waals surface area contributed by atoms with E-state index in [-0.39, 0.29) is 18.6 Å². The topological polar surface area (TPSA) is 47.4 Å². The Bertz CT molecular complexity index is 404. The van der Waals surface area contributed by atoms with Gasteiger partial charge in [-0.2, -0.15) is 0 Å². The maximum atomic E-state index is 11.5. The molecule has 6 heteroatoms. The third kappa shape index (κ3) is 3.99. The van der Waals surface area contributed by atoms with Gasteiger partial charge in [0.15, 0.2) is 0 Å². The van der Waals surface area contributed by atoms with Gasteiger partial charge >= 0.3 is 5.97 Å². The lowest BCUT2D eigenvalue weighted by Gasteiger charge is -2.24. The summed E-state index contributed by atoms with van der Waals surface area (Å²) in [4.78, 5) is 17.7. The summed E-state index contributed by atoms with van der Waals surface area (Å²) in [5.74, 6) is 0.615. The zero-order valence-corrected chi connectivity index (χ0v) is 12.1. The number of nitrogens with zero attached hydrogens (tertiary/aromatic N) is 3. The van der Waals surface area contributed by atoms with Crippen molar-refractivity contribution in [3.05, 3.63) is 17.2 Å². The zero-order chi connectivity index (χ0) is 13.7. The molecule has 1 heterocycles. The number of hydrogen-bond acceptors (Lipinski definition) is 4. The average molecular weight is 274 g/mol. The third-order valence-corrected chi connectivity index (χ3v) is 3.09. The Kier molecular flexibility index (Phi) is 5.62. The maximum absolute atomic E-state index is 11.5. The van der Waals surface area contributed by atoms with E-state index < -0.39 is 0 Å². The Hall–Kier alpha value is -1.07. The van der Waals surface area contributed by atoms with Crippen LogP contribution >= 0.6 is 11.6 Å². The standard InChI is InChI=1S/C12H20ClN3O2/c1-5-18-12(17)8-16(9(2)3)7-11-14-6-10(13)15(11)4/h6,9H,5,7-8H2,1-4H3. The van der Waals surface area contributed by atoms with Crippen molar-refractivity contribution in [2.45, 2.75) is 33.4 Å². The van der Waals surface area contributed by atoms with Crippen LogP contribution in [0.2, 0.25) is 5.15 Å². The second-order valence-corrected chi connectivity index (χ2v) is 4.75. The van der Waals surface area contributed by atoms with E-state index in [9.17, 15) is 4.79 Å². The van der Waals surface area contributed by atoms with Crippen LogP contribution in [0.15, 0.2) is 6.20 Å². The van der Waals surface area contributed by atoms with Gasteiger partial charge in [-0.3, -0.25) is 9.69 Å². The smallest absolute Gasteiger partial charge is 0.320 e. The normalized spacial score (nSPS) is 11.3. The van der Waals surface area contributed by atoms with Gasteiger partial charge in [0.2, 0.25) is 0 Å². The number of rotatable bonds is 6. The third-order valence-electron chi connectivity index (χ3n) is 2.74. The van der Waals surface area contributed by atoms with Crippen molar-refractivity contribution >= 4 is 17.6 Å². The highest BCUT2D eigenvalue weighted by Crippen LogP contribution is 2.12. The van der Waals surface area contributed by atoms with E-state index in [4.69, 9.17) is 16.3 Å². The summed E-state index contributed by atoms with van der Waals surface area (Å²) in [5, 5.41) is 0.588. The monoisotopic (exact) mass is 273 g/mol. The van der Waals surface area contributed by atoms with Crippen molar-refractivity contribution in [1.29, 1.82) is 0 Å². The molecule has 1 aromatic rings. The molecule has 0 spiro atoms. The van der Waals surface area contributed by atoms with E-state index in [1.54, 1.807) is 13.1 Å². The quantitative estimate of drug-likeness (QED) is 0.742. The summed E-state index contributed by atoms with van der Waals surface area (Å²) in [6.07, 6.45) is 1.61. The summed E-state index contributed by atoms with van der Waals surface area (Å²) in [7, 11) is 1.85. The van der Waals surface area contributed by atoms with E-state index in [1.165, 1.54) is 0 Å². The van der Waals surface area contributed by atoms with Crippen LogP contribution in [0.4, 0.5) is 0 Å². The molecule has 0 aromatic carbocycles. The van der Waals surface area contributed by atoms with E-state index >= 15 is 0 Å². The van der Waals surface area contributed by atoms with E-state index in [2.05, 4.69) is 4.98 Å². The van der Waals surface area contributed by atoms with E-state index in [0.29, 0.717) is 18.3 Å². The molecular formula is C12H20ClN3O2. The minimum Gasteiger partial charge on any atom is -0.465 e. The predicted octanol–water partition coefficient (Wildman–Crippen LogP) is 1.85. The van der Waals surface area contributed by atoms with Crippen LogP contribution in [-0.2, 0) is 23.1 Å². The number of aromatic nitrogens is 2. The molecule has 0 unspecified atom stereocenters. The van der Waals surface area contributed by atoms with E-state index in [0.717, 1.165) is 5.82 Å². The van der Waals surface area contributed by atoms with Crippen molar-refractivity contribution in [2.24, 2.45) is 7.05 Å². The Labute approximate surface area is 113 Å². The van der Waals surface area contributed by atoms with Gasteiger partial charge in [-0.05, 0) is 20.8 Å². The Balaban J connectivity index is 2.69. The Morgan fingerprint density at radius 1 is 1.61 bits per heavy atom. The van der Waals surface area contributed by atoms with Gasteiger partial charge < -0.3 is 9.30 Å². The Morgan fingerprint density at radius 3 is 2.72 bits per heavy atom. The lowest BCUT2D eigenvalue weighted by Crippen LogP contribution is -2.36. The minimum absolute atomic E-state index is 0.216. The van der Waals surface area contributed by atoms with Crippen LogP contribution in [0.5, 0.6) is 0 Å². The highest BCUT2D eigenvalue weighted by molar-refractivity contribution is 6.29. The second-order valence-electron chi connectivity index (χ2n) is 4.36. The molecule has 18 heavy (non-hydrogen) atoms. The van der Waals surface area contributed by atoms with E-state index in [1.807, 2.05) is 30.4 Å². The van der Waals surface area contributed by atoms with Crippen molar-refractivity contribution in [3.8, 4) is 0 Å². The van der Waals surface area contributed by atoms with Crippen molar-refractivity contribution in [3.63, 3.8) is 0 Å². The fourth-order valence-electron chi connectivity index (χ4n) is 1.55. The molecule has 1 aromatic heterocycles. The first-order valence-electron chi connectivity index (χ1n) is 6.01. The van der Waals surface area contributed by atoms with Gasteiger partial charge in [-0.15, -0.1) is 0 Å². The summed E-state index contributed by atoms with van der Waals surface area (Å²) in [6.45, 7) is 7.10. The molecule has 0 radical (unpaired) electrons. The number of halogens is 1. The number of esters is 1. The van der Waals surface area contributed by atoms with Gasteiger partial charge in [0, 0.05) is 13.1 Å². The Morgan fingerprint density at radius 2 is 2.28 bits per heavy atom. The fourth-order valence-corrected chi connectivity index (χ4v) is 1.69. The SMILES string of the molecule is CCOC(=O)CN(Cc1ncc(Cl)n1C)C(C)C. The van der Waals surface area contributed by atoms with Crippen LogP contribution in [0.25, 0.3) is 0 Å². The summed E-state index contributed by atoms with van der Waals surface area (Å²) >= 11 is 5.94. The predicted molar refractivity (Wildman–Crippen MR) is 70.4 cm³/mol. The van der Waals surface area contributed by atoms with Gasteiger partial charge in [0.1, 0.15) is 11.0 Å². The molecule has 0 bridgehead atoms. The molecule has 1 rings (SSSR count). The van der Waals surface area contributed by atoms with Crippen LogP contribution < -0.4 is 0 Å². The number of hydrogen-bond donors (Lipinski definition) is 0. The first-order chi connectivity index (χ1) is 8.45. The summed E-state index contributed by atoms with van der Waals surface area (Å²) in [5.41, 5.74) is 0. The highest BCUT2D eigenvalue weighted by Gasteiger charge is 2.17. The maximum Gasteiger partial charge on any atom is 0.320 e. The molecule has 0 atom stereocenters. The first kappa shape index (κ1) is 15.0. The molecular weight excluding hydrogens is 254 g/mol. The zero-order valence-electron chi connectivity index (χ0n) is 11.3. The lowest BCUT2D eigenvalue weighted by atomic mass is 10.3. The number of carbonyl (C=O) groups is 1. The number of carbonyl (C=O) groups excluding carboxylic acids is 1. The van der Waals surface area contributed by atoms with Crippen molar-refractivity contribution in [1.82, 2.24) is 14.5 Å². The molecule has 102 valence electrons. The minimum atomic E-state index is -0.216. The first-order valence-corrected chi connectivity index (χ1v) is 6.39. The van der Waals surface area contributed by atoms with Gasteiger partial charge in [0.25, 0.3) is 0 Å². The molecule has 0 N–H and O–H groups in total. The molecule has 0 aliphatic carbocycles. The van der Waals surface area contributed by atoms with Crippen molar-refractivity contribution < 1.29 is 9.53 Å².